The summed E-state index contributed by atoms with van der Waals surface area (Å²) in [5.41, 5.74) is 3.29. The molecular weight excluding hydrogens is 280 g/mol. The Kier molecular flexibility index (Phi) is 3.47. The molecule has 1 heterocycles. The summed E-state index contributed by atoms with van der Waals surface area (Å²) in [6.45, 7) is 4.11. The number of hydrogen-bond donors (Lipinski definition) is 0. The van der Waals surface area contributed by atoms with Crippen molar-refractivity contribution in [2.24, 2.45) is 0 Å². The number of nitro benzene ring substituents is 1. The van der Waals surface area contributed by atoms with Crippen molar-refractivity contribution < 1.29 is 9.66 Å². The molecule has 2 aromatic carbocycles. The lowest BCUT2D eigenvalue weighted by Crippen LogP contribution is -1.91. The highest BCUT2D eigenvalue weighted by atomic mass is 16.6. The Hall–Kier alpha value is -2.95. The first-order chi connectivity index (χ1) is 10.5. The quantitative estimate of drug-likeness (QED) is 0.525. The topological polar surface area (TPSA) is 65.3 Å². The van der Waals surface area contributed by atoms with Crippen LogP contribution in [0.5, 0.6) is 11.6 Å². The van der Waals surface area contributed by atoms with Crippen molar-refractivity contribution in [3.63, 3.8) is 0 Å². The number of aryl methyl sites for hydroxylation is 2. The summed E-state index contributed by atoms with van der Waals surface area (Å²) in [7, 11) is 0. The zero-order valence-corrected chi connectivity index (χ0v) is 12.2. The van der Waals surface area contributed by atoms with E-state index in [-0.39, 0.29) is 5.69 Å². The van der Waals surface area contributed by atoms with Gasteiger partial charge < -0.3 is 4.74 Å². The summed E-state index contributed by atoms with van der Waals surface area (Å²) in [6.07, 6.45) is 0. The Morgan fingerprint density at radius 1 is 1.00 bits per heavy atom. The van der Waals surface area contributed by atoms with Crippen LogP contribution in [0.15, 0.2) is 48.5 Å². The largest absolute Gasteiger partial charge is 0.439 e. The number of fused-ring (bicyclic) bond motifs is 1. The molecule has 3 aromatic rings. The van der Waals surface area contributed by atoms with Crippen molar-refractivity contribution in [3.8, 4) is 11.6 Å². The van der Waals surface area contributed by atoms with Gasteiger partial charge in [-0.25, -0.2) is 4.98 Å². The van der Waals surface area contributed by atoms with Gasteiger partial charge in [-0.1, -0.05) is 0 Å². The zero-order chi connectivity index (χ0) is 15.7. The molecule has 22 heavy (non-hydrogen) atoms. The Bertz CT molecular complexity index is 858. The van der Waals surface area contributed by atoms with Crippen LogP contribution < -0.4 is 4.74 Å². The maximum absolute atomic E-state index is 10.6. The summed E-state index contributed by atoms with van der Waals surface area (Å²) in [4.78, 5) is 14.7. The third kappa shape index (κ3) is 2.74. The minimum Gasteiger partial charge on any atom is -0.439 e. The highest BCUT2D eigenvalue weighted by Crippen LogP contribution is 2.25. The van der Waals surface area contributed by atoms with Crippen LogP contribution in [-0.2, 0) is 0 Å². The van der Waals surface area contributed by atoms with Crippen molar-refractivity contribution in [1.29, 1.82) is 0 Å². The Morgan fingerprint density at radius 2 is 1.68 bits per heavy atom. The molecule has 0 saturated carbocycles. The molecule has 0 aliphatic heterocycles. The lowest BCUT2D eigenvalue weighted by atomic mass is 10.1. The average molecular weight is 294 g/mol. The fourth-order valence-corrected chi connectivity index (χ4v) is 2.18. The number of nitro groups is 1. The molecule has 0 aliphatic carbocycles. The van der Waals surface area contributed by atoms with E-state index in [4.69, 9.17) is 4.74 Å². The second-order valence-corrected chi connectivity index (χ2v) is 5.13. The third-order valence-electron chi connectivity index (χ3n) is 3.55. The number of pyridine rings is 1. The van der Waals surface area contributed by atoms with Gasteiger partial charge in [0.2, 0.25) is 5.88 Å². The Morgan fingerprint density at radius 3 is 2.36 bits per heavy atom. The minimum atomic E-state index is -0.441. The molecule has 5 heteroatoms. The fraction of sp³-hybridized carbons (Fsp3) is 0.118. The number of benzene rings is 2. The fourth-order valence-electron chi connectivity index (χ4n) is 2.18. The molecule has 0 amide bonds. The van der Waals surface area contributed by atoms with Crippen LogP contribution in [0.3, 0.4) is 0 Å². The van der Waals surface area contributed by atoms with Crippen LogP contribution in [0, 0.1) is 24.0 Å². The van der Waals surface area contributed by atoms with Crippen molar-refractivity contribution in [1.82, 2.24) is 4.98 Å². The SMILES string of the molecule is Cc1cc2ccc(Oc3ccc([N+](=O)[O-])cc3)nc2cc1C. The second-order valence-electron chi connectivity index (χ2n) is 5.13. The second kappa shape index (κ2) is 5.44. The molecular formula is C17H14N2O3. The standard InChI is InChI=1S/C17H14N2O3/c1-11-9-13-3-8-17(18-16(13)10-12(11)2)22-15-6-4-14(5-7-15)19(20)21/h3-10H,1-2H3. The van der Waals surface area contributed by atoms with Crippen LogP contribution >= 0.6 is 0 Å². The van der Waals surface area contributed by atoms with Gasteiger partial charge in [-0.15, -0.1) is 0 Å². The summed E-state index contributed by atoms with van der Waals surface area (Å²) in [5.74, 6) is 0.978. The van der Waals surface area contributed by atoms with Crippen LogP contribution in [-0.4, -0.2) is 9.91 Å². The van der Waals surface area contributed by atoms with E-state index >= 15 is 0 Å². The monoisotopic (exact) mass is 294 g/mol. The van der Waals surface area contributed by atoms with Crippen LogP contribution in [0.4, 0.5) is 5.69 Å². The lowest BCUT2D eigenvalue weighted by Gasteiger charge is -2.07. The van der Waals surface area contributed by atoms with E-state index in [1.165, 1.54) is 23.3 Å². The number of aromatic nitrogens is 1. The molecule has 0 atom stereocenters. The molecule has 3 rings (SSSR count). The molecule has 110 valence electrons. The molecule has 1 aromatic heterocycles. The number of non-ortho nitro benzene ring substituents is 1. The average Bonchev–Trinajstić information content (AvgIpc) is 2.49. The molecule has 0 fully saturated rings. The van der Waals surface area contributed by atoms with Crippen LogP contribution in [0.25, 0.3) is 10.9 Å². The highest BCUT2D eigenvalue weighted by molar-refractivity contribution is 5.80. The minimum absolute atomic E-state index is 0.0323. The zero-order valence-electron chi connectivity index (χ0n) is 12.2. The molecule has 0 unspecified atom stereocenters. The van der Waals surface area contributed by atoms with Crippen molar-refractivity contribution in [2.75, 3.05) is 0 Å². The number of nitrogens with zero attached hydrogens (tertiary/aromatic N) is 2. The van der Waals surface area contributed by atoms with Gasteiger partial charge in [0.25, 0.3) is 5.69 Å². The van der Waals surface area contributed by atoms with Crippen molar-refractivity contribution in [3.05, 3.63) is 69.8 Å². The third-order valence-corrected chi connectivity index (χ3v) is 3.55. The highest BCUT2D eigenvalue weighted by Gasteiger charge is 2.06. The van der Waals surface area contributed by atoms with Crippen molar-refractivity contribution >= 4 is 16.6 Å². The number of ether oxygens (including phenoxy) is 1. The predicted octanol–water partition coefficient (Wildman–Crippen LogP) is 4.55. The van der Waals surface area contributed by atoms with Gasteiger partial charge in [0, 0.05) is 23.6 Å². The van der Waals surface area contributed by atoms with E-state index < -0.39 is 4.92 Å². The van der Waals surface area contributed by atoms with E-state index in [9.17, 15) is 10.1 Å². The van der Waals surface area contributed by atoms with E-state index in [2.05, 4.69) is 18.0 Å². The summed E-state index contributed by atoms with van der Waals surface area (Å²) in [6, 6.07) is 13.8. The molecule has 0 N–H and O–H groups in total. The van der Waals surface area contributed by atoms with E-state index in [0.717, 1.165) is 10.9 Å². The number of hydrogen-bond acceptors (Lipinski definition) is 4. The van der Waals surface area contributed by atoms with Gasteiger partial charge in [0.05, 0.1) is 10.4 Å². The van der Waals surface area contributed by atoms with Crippen LogP contribution in [0.1, 0.15) is 11.1 Å². The first-order valence-electron chi connectivity index (χ1n) is 6.83. The maximum atomic E-state index is 10.6. The molecule has 0 saturated heterocycles. The first-order valence-corrected chi connectivity index (χ1v) is 6.83. The van der Waals surface area contributed by atoms with Crippen molar-refractivity contribution in [2.45, 2.75) is 13.8 Å². The van der Waals surface area contributed by atoms with E-state index in [1.54, 1.807) is 18.2 Å². The Labute approximate surface area is 127 Å². The predicted molar refractivity (Wildman–Crippen MR) is 84.4 cm³/mol. The maximum Gasteiger partial charge on any atom is 0.269 e. The van der Waals surface area contributed by atoms with Crippen LogP contribution in [0.2, 0.25) is 0 Å². The van der Waals surface area contributed by atoms with Gasteiger partial charge in [0.1, 0.15) is 5.75 Å². The summed E-state index contributed by atoms with van der Waals surface area (Å²) in [5, 5.41) is 11.7. The molecule has 5 nitrogen and oxygen atoms in total. The molecule has 0 aliphatic rings. The lowest BCUT2D eigenvalue weighted by molar-refractivity contribution is -0.384. The van der Waals surface area contributed by atoms with Gasteiger partial charge >= 0.3 is 0 Å². The van der Waals surface area contributed by atoms with Gasteiger partial charge in [0.15, 0.2) is 0 Å². The van der Waals surface area contributed by atoms with Gasteiger partial charge in [-0.2, -0.15) is 0 Å². The van der Waals surface area contributed by atoms with E-state index in [1.807, 2.05) is 19.1 Å². The van der Waals surface area contributed by atoms with E-state index in [0.29, 0.717) is 11.6 Å². The molecule has 0 bridgehead atoms. The molecule has 0 radical (unpaired) electrons. The first kappa shape index (κ1) is 14.0. The van der Waals surface area contributed by atoms with Gasteiger partial charge in [-0.3, -0.25) is 10.1 Å². The Balaban J connectivity index is 1.90. The summed E-state index contributed by atoms with van der Waals surface area (Å²) >= 11 is 0. The smallest absolute Gasteiger partial charge is 0.269 e. The van der Waals surface area contributed by atoms with Gasteiger partial charge in [-0.05, 0) is 55.3 Å². The summed E-state index contributed by atoms with van der Waals surface area (Å²) < 4.78 is 5.66. The normalized spacial score (nSPS) is 10.6. The molecule has 0 spiro atoms. The number of rotatable bonds is 3.